The molecule has 3 nitrogen and oxygen atoms in total. The number of likely N-dealkylation sites (tertiary alicyclic amines) is 1. The van der Waals surface area contributed by atoms with E-state index in [-0.39, 0.29) is 12.0 Å². The van der Waals surface area contributed by atoms with Crippen LogP contribution in [0.2, 0.25) is 0 Å². The monoisotopic (exact) mass is 336 g/mol. The van der Waals surface area contributed by atoms with Crippen molar-refractivity contribution in [3.05, 3.63) is 59.2 Å². The van der Waals surface area contributed by atoms with Crippen molar-refractivity contribution in [3.8, 4) is 11.1 Å². The zero-order chi connectivity index (χ0) is 17.2. The van der Waals surface area contributed by atoms with Gasteiger partial charge in [0.25, 0.3) is 0 Å². The summed E-state index contributed by atoms with van der Waals surface area (Å²) in [5, 5.41) is 0. The molecule has 1 heterocycles. The molecule has 1 aliphatic carbocycles. The number of hydrogen-bond donors (Lipinski definition) is 1. The molecule has 0 aromatic heterocycles. The van der Waals surface area contributed by atoms with E-state index in [0.29, 0.717) is 6.61 Å². The Balaban J connectivity index is 1.53. The number of carbonyl (C=O) groups is 1. The molecule has 2 atom stereocenters. The molecule has 0 spiro atoms. The van der Waals surface area contributed by atoms with Crippen molar-refractivity contribution in [2.45, 2.75) is 45.2 Å². The quantitative estimate of drug-likeness (QED) is 0.743. The number of hydrogen-bond acceptors (Lipinski definition) is 2. The van der Waals surface area contributed by atoms with Crippen LogP contribution in [0.3, 0.4) is 0 Å². The van der Waals surface area contributed by atoms with Crippen molar-refractivity contribution in [2.75, 3.05) is 13.2 Å². The van der Waals surface area contributed by atoms with Crippen LogP contribution in [0.1, 0.15) is 42.9 Å². The average Bonchev–Trinajstić information content (AvgIpc) is 3.00. The van der Waals surface area contributed by atoms with Gasteiger partial charge >= 0.3 is 5.97 Å². The lowest BCUT2D eigenvalue weighted by atomic mass is 9.99. The zero-order valence-corrected chi connectivity index (χ0v) is 14.9. The first-order chi connectivity index (χ1) is 12.3. The molecule has 1 aliphatic heterocycles. The van der Waals surface area contributed by atoms with Crippen LogP contribution in [0.4, 0.5) is 0 Å². The highest BCUT2D eigenvalue weighted by Crippen LogP contribution is 2.36. The fourth-order valence-electron chi connectivity index (χ4n) is 4.39. The third kappa shape index (κ3) is 3.21. The molecule has 2 aromatic carbocycles. The molecule has 3 heteroatoms. The first-order valence-corrected chi connectivity index (χ1v) is 9.47. The Morgan fingerprint density at radius 2 is 1.96 bits per heavy atom. The Bertz CT molecular complexity index is 783. The standard InChI is InChI=1S/C22H25NO2/c1-2-25-22(24)21-9-5-6-12-23(21)15-16-10-11-20-18(13-16)14-17-7-3-4-8-19(17)20/h3-4,7-8,10-11,13,21H,2,5-6,9,12,14-15H2,1H3/p+1/t21-/m1/s1. The molecule has 1 saturated heterocycles. The maximum atomic E-state index is 12.3. The van der Waals surface area contributed by atoms with Crippen LogP contribution in [-0.2, 0) is 22.5 Å². The summed E-state index contributed by atoms with van der Waals surface area (Å²) in [6.07, 6.45) is 4.30. The van der Waals surface area contributed by atoms with E-state index < -0.39 is 0 Å². The molecule has 0 amide bonds. The van der Waals surface area contributed by atoms with E-state index in [4.69, 9.17) is 4.74 Å². The third-order valence-electron chi connectivity index (χ3n) is 5.59. The number of ether oxygens (including phenoxy) is 1. The molecule has 1 N–H and O–H groups in total. The van der Waals surface area contributed by atoms with Gasteiger partial charge in [0.05, 0.1) is 13.2 Å². The normalized spacial score (nSPS) is 21.5. The molecule has 130 valence electrons. The SMILES string of the molecule is CCOC(=O)[C@H]1CCCC[NH+]1Cc1ccc2c(c1)Cc1ccccc1-2. The number of carbonyl (C=O) groups excluding carboxylic acids is 1. The predicted octanol–water partition coefficient (Wildman–Crippen LogP) is 2.76. The van der Waals surface area contributed by atoms with E-state index >= 15 is 0 Å². The smallest absolute Gasteiger partial charge is 0.364 e. The number of fused-ring (bicyclic) bond motifs is 3. The topological polar surface area (TPSA) is 30.7 Å². The summed E-state index contributed by atoms with van der Waals surface area (Å²) < 4.78 is 5.31. The van der Waals surface area contributed by atoms with Crippen LogP contribution >= 0.6 is 0 Å². The van der Waals surface area contributed by atoms with Crippen LogP contribution in [0.25, 0.3) is 11.1 Å². The molecule has 1 fully saturated rings. The van der Waals surface area contributed by atoms with Crippen molar-refractivity contribution >= 4 is 5.97 Å². The van der Waals surface area contributed by atoms with Crippen molar-refractivity contribution in [2.24, 2.45) is 0 Å². The van der Waals surface area contributed by atoms with Gasteiger partial charge in [-0.3, -0.25) is 0 Å². The van der Waals surface area contributed by atoms with E-state index in [1.165, 1.54) is 39.1 Å². The maximum absolute atomic E-state index is 12.3. The molecule has 0 bridgehead atoms. The van der Waals surface area contributed by atoms with Crippen LogP contribution in [0.5, 0.6) is 0 Å². The number of nitrogens with one attached hydrogen (secondary N) is 1. The van der Waals surface area contributed by atoms with Crippen LogP contribution < -0.4 is 4.90 Å². The van der Waals surface area contributed by atoms with Crippen LogP contribution in [-0.4, -0.2) is 25.2 Å². The summed E-state index contributed by atoms with van der Waals surface area (Å²) in [7, 11) is 0. The molecular weight excluding hydrogens is 310 g/mol. The Morgan fingerprint density at radius 3 is 2.84 bits per heavy atom. The second-order valence-corrected chi connectivity index (χ2v) is 7.21. The Morgan fingerprint density at radius 1 is 1.12 bits per heavy atom. The maximum Gasteiger partial charge on any atom is 0.364 e. The molecule has 0 radical (unpaired) electrons. The van der Waals surface area contributed by atoms with Gasteiger partial charge in [0.2, 0.25) is 0 Å². The summed E-state index contributed by atoms with van der Waals surface area (Å²) in [4.78, 5) is 13.7. The third-order valence-corrected chi connectivity index (χ3v) is 5.59. The fraction of sp³-hybridized carbons (Fsp3) is 0.409. The highest BCUT2D eigenvalue weighted by atomic mass is 16.5. The Hall–Kier alpha value is -2.13. The number of rotatable bonds is 4. The van der Waals surface area contributed by atoms with E-state index in [9.17, 15) is 4.79 Å². The molecule has 25 heavy (non-hydrogen) atoms. The van der Waals surface area contributed by atoms with E-state index in [2.05, 4.69) is 42.5 Å². The molecule has 0 saturated carbocycles. The number of benzene rings is 2. The van der Waals surface area contributed by atoms with Gasteiger partial charge < -0.3 is 9.64 Å². The number of quaternary nitrogens is 1. The number of piperidine rings is 1. The van der Waals surface area contributed by atoms with Crippen molar-refractivity contribution in [1.29, 1.82) is 0 Å². The second kappa shape index (κ2) is 7.01. The predicted molar refractivity (Wildman–Crippen MR) is 98.5 cm³/mol. The van der Waals surface area contributed by atoms with Gasteiger partial charge in [0.15, 0.2) is 6.04 Å². The lowest BCUT2D eigenvalue weighted by Gasteiger charge is -2.31. The first kappa shape index (κ1) is 16.3. The lowest BCUT2D eigenvalue weighted by Crippen LogP contribution is -3.16. The van der Waals surface area contributed by atoms with E-state index in [1.807, 2.05) is 6.92 Å². The fourth-order valence-corrected chi connectivity index (χ4v) is 4.39. The minimum Gasteiger partial charge on any atom is -0.462 e. The molecule has 2 aliphatic rings. The van der Waals surface area contributed by atoms with Gasteiger partial charge in [0.1, 0.15) is 6.54 Å². The van der Waals surface area contributed by atoms with Crippen molar-refractivity contribution < 1.29 is 14.4 Å². The summed E-state index contributed by atoms with van der Waals surface area (Å²) in [5.41, 5.74) is 6.92. The molecule has 1 unspecified atom stereocenters. The Kier molecular flexibility index (Phi) is 4.58. The lowest BCUT2D eigenvalue weighted by molar-refractivity contribution is -0.935. The minimum absolute atomic E-state index is 0.000785. The van der Waals surface area contributed by atoms with Gasteiger partial charge in [-0.2, -0.15) is 0 Å². The number of esters is 1. The average molecular weight is 336 g/mol. The molecular formula is C22H26NO2+. The highest BCUT2D eigenvalue weighted by molar-refractivity contribution is 5.77. The summed E-state index contributed by atoms with van der Waals surface area (Å²) in [5.74, 6) is -0.0224. The van der Waals surface area contributed by atoms with Gasteiger partial charge in [-0.25, -0.2) is 4.79 Å². The molecule has 4 rings (SSSR count). The van der Waals surface area contributed by atoms with E-state index in [0.717, 1.165) is 32.4 Å². The summed E-state index contributed by atoms with van der Waals surface area (Å²) in [6, 6.07) is 15.5. The van der Waals surface area contributed by atoms with Gasteiger partial charge in [0, 0.05) is 12.0 Å². The molecule has 2 aromatic rings. The Labute approximate surface area is 149 Å². The van der Waals surface area contributed by atoms with Gasteiger partial charge in [-0.05, 0) is 54.5 Å². The first-order valence-electron chi connectivity index (χ1n) is 9.47. The summed E-state index contributed by atoms with van der Waals surface area (Å²) in [6.45, 7) is 4.33. The minimum atomic E-state index is -0.0224. The van der Waals surface area contributed by atoms with E-state index in [1.54, 1.807) is 0 Å². The second-order valence-electron chi connectivity index (χ2n) is 7.21. The van der Waals surface area contributed by atoms with Crippen LogP contribution in [0, 0.1) is 0 Å². The van der Waals surface area contributed by atoms with Crippen molar-refractivity contribution in [3.63, 3.8) is 0 Å². The van der Waals surface area contributed by atoms with Crippen LogP contribution in [0.15, 0.2) is 42.5 Å². The zero-order valence-electron chi connectivity index (χ0n) is 14.9. The highest BCUT2D eigenvalue weighted by Gasteiger charge is 2.33. The summed E-state index contributed by atoms with van der Waals surface area (Å²) >= 11 is 0. The van der Waals surface area contributed by atoms with Crippen molar-refractivity contribution in [1.82, 2.24) is 0 Å². The van der Waals surface area contributed by atoms with Gasteiger partial charge in [-0.15, -0.1) is 0 Å². The van der Waals surface area contributed by atoms with Gasteiger partial charge in [-0.1, -0.05) is 36.4 Å². The largest absolute Gasteiger partial charge is 0.462 e.